The molecule has 0 atom stereocenters. The van der Waals surface area contributed by atoms with Crippen LogP contribution in [0.3, 0.4) is 0 Å². The Morgan fingerprint density at radius 2 is 0.911 bits per heavy atom. The van der Waals surface area contributed by atoms with Gasteiger partial charge in [-0.2, -0.15) is 0 Å². The van der Waals surface area contributed by atoms with E-state index in [1.165, 1.54) is 5.39 Å². The number of benzene rings is 8. The van der Waals surface area contributed by atoms with Crippen LogP contribution in [0.4, 0.5) is 0 Å². The predicted molar refractivity (Wildman–Crippen MR) is 229 cm³/mol. The molecule has 0 saturated carbocycles. The largest absolute Gasteiger partial charge is 0.456 e. The molecule has 11 aromatic rings. The van der Waals surface area contributed by atoms with Gasteiger partial charge in [0, 0.05) is 43.9 Å². The van der Waals surface area contributed by atoms with Crippen LogP contribution < -0.4 is 0 Å². The summed E-state index contributed by atoms with van der Waals surface area (Å²) in [4.78, 5) is 15.3. The number of para-hydroxylation sites is 2. The van der Waals surface area contributed by atoms with E-state index in [9.17, 15) is 0 Å². The first-order valence-corrected chi connectivity index (χ1v) is 18.8. The van der Waals surface area contributed by atoms with E-state index >= 15 is 0 Å². The standard InChI is InChI=1S/C51H32N4O/c1-3-14-33(15-4-1)35-18-11-20-37(30-35)50-52-49(34-16-5-2-6-17-34)53-51(54-50)38-28-29-42-41-22-7-9-25-44(41)55(45(42)32-38)39-21-12-19-36(31-39)40-24-13-27-47-48(40)43-23-8-10-26-46(43)56-47/h1-32H. The van der Waals surface area contributed by atoms with Crippen molar-refractivity contribution in [1.82, 2.24) is 19.5 Å². The van der Waals surface area contributed by atoms with E-state index in [1.54, 1.807) is 0 Å². The minimum atomic E-state index is 0.616. The van der Waals surface area contributed by atoms with Gasteiger partial charge in [0.25, 0.3) is 0 Å². The van der Waals surface area contributed by atoms with Gasteiger partial charge in [0.1, 0.15) is 11.2 Å². The first-order valence-electron chi connectivity index (χ1n) is 18.8. The molecular weight excluding hydrogens is 685 g/mol. The molecule has 8 aromatic carbocycles. The molecule has 5 nitrogen and oxygen atoms in total. The van der Waals surface area contributed by atoms with E-state index in [1.807, 2.05) is 54.6 Å². The topological polar surface area (TPSA) is 56.7 Å². The van der Waals surface area contributed by atoms with E-state index in [0.717, 1.165) is 83.0 Å². The maximum Gasteiger partial charge on any atom is 0.164 e. The van der Waals surface area contributed by atoms with Crippen molar-refractivity contribution in [3.05, 3.63) is 194 Å². The molecule has 0 fully saturated rings. The minimum Gasteiger partial charge on any atom is -0.456 e. The summed E-state index contributed by atoms with van der Waals surface area (Å²) in [5, 5.41) is 4.58. The summed E-state index contributed by atoms with van der Waals surface area (Å²) in [6.45, 7) is 0. The van der Waals surface area contributed by atoms with Crippen molar-refractivity contribution in [2.75, 3.05) is 0 Å². The average molecular weight is 717 g/mol. The molecule has 0 amide bonds. The first kappa shape index (κ1) is 31.9. The highest BCUT2D eigenvalue weighted by atomic mass is 16.3. The lowest BCUT2D eigenvalue weighted by molar-refractivity contribution is 0.669. The molecule has 0 spiro atoms. The fourth-order valence-electron chi connectivity index (χ4n) is 8.03. The van der Waals surface area contributed by atoms with Crippen LogP contribution in [0.1, 0.15) is 0 Å². The molecule has 0 bridgehead atoms. The molecule has 0 aliphatic rings. The normalized spacial score (nSPS) is 11.6. The summed E-state index contributed by atoms with van der Waals surface area (Å²) < 4.78 is 8.62. The van der Waals surface area contributed by atoms with E-state index in [-0.39, 0.29) is 0 Å². The molecular formula is C51H32N4O. The Bertz CT molecular complexity index is 3250. The van der Waals surface area contributed by atoms with Crippen molar-refractivity contribution in [3.8, 4) is 62.1 Å². The molecule has 3 heterocycles. The lowest BCUT2D eigenvalue weighted by atomic mass is 9.99. The molecule has 5 heteroatoms. The van der Waals surface area contributed by atoms with Gasteiger partial charge in [0.05, 0.1) is 11.0 Å². The molecule has 0 unspecified atom stereocenters. The highest BCUT2D eigenvalue weighted by molar-refractivity contribution is 6.13. The van der Waals surface area contributed by atoms with Gasteiger partial charge in [0.15, 0.2) is 17.5 Å². The third kappa shape index (κ3) is 5.37. The van der Waals surface area contributed by atoms with Gasteiger partial charge in [-0.1, -0.05) is 152 Å². The lowest BCUT2D eigenvalue weighted by Gasteiger charge is -2.12. The maximum atomic E-state index is 6.27. The number of fused-ring (bicyclic) bond motifs is 6. The second kappa shape index (κ2) is 13.0. The Labute approximate surface area is 322 Å². The minimum absolute atomic E-state index is 0.616. The predicted octanol–water partition coefficient (Wildman–Crippen LogP) is 13.2. The van der Waals surface area contributed by atoms with Crippen molar-refractivity contribution in [2.24, 2.45) is 0 Å². The van der Waals surface area contributed by atoms with Crippen LogP contribution in [-0.4, -0.2) is 19.5 Å². The fourth-order valence-corrected chi connectivity index (χ4v) is 8.03. The van der Waals surface area contributed by atoms with Crippen molar-refractivity contribution < 1.29 is 4.42 Å². The van der Waals surface area contributed by atoms with E-state index < -0.39 is 0 Å². The van der Waals surface area contributed by atoms with Gasteiger partial charge in [0.2, 0.25) is 0 Å². The molecule has 0 radical (unpaired) electrons. The smallest absolute Gasteiger partial charge is 0.164 e. The van der Waals surface area contributed by atoms with E-state index in [2.05, 4.69) is 144 Å². The summed E-state index contributed by atoms with van der Waals surface area (Å²) in [6.07, 6.45) is 0. The number of furan rings is 1. The van der Waals surface area contributed by atoms with Crippen LogP contribution in [0.15, 0.2) is 199 Å². The van der Waals surface area contributed by atoms with Gasteiger partial charge in [-0.25, -0.2) is 15.0 Å². The van der Waals surface area contributed by atoms with Gasteiger partial charge < -0.3 is 8.98 Å². The monoisotopic (exact) mass is 716 g/mol. The van der Waals surface area contributed by atoms with Crippen LogP contribution in [-0.2, 0) is 0 Å². The number of hydrogen-bond donors (Lipinski definition) is 0. The zero-order chi connectivity index (χ0) is 37.0. The van der Waals surface area contributed by atoms with Crippen molar-refractivity contribution in [3.63, 3.8) is 0 Å². The highest BCUT2D eigenvalue weighted by Crippen LogP contribution is 2.39. The second-order valence-electron chi connectivity index (χ2n) is 14.0. The van der Waals surface area contributed by atoms with Crippen molar-refractivity contribution in [2.45, 2.75) is 0 Å². The van der Waals surface area contributed by atoms with Crippen LogP contribution in [0, 0.1) is 0 Å². The van der Waals surface area contributed by atoms with E-state index in [4.69, 9.17) is 19.4 Å². The average Bonchev–Trinajstić information content (AvgIpc) is 3.83. The summed E-state index contributed by atoms with van der Waals surface area (Å²) in [5.41, 5.74) is 12.3. The van der Waals surface area contributed by atoms with Gasteiger partial charge >= 0.3 is 0 Å². The number of aromatic nitrogens is 4. The number of rotatable bonds is 6. The summed E-state index contributed by atoms with van der Waals surface area (Å²) >= 11 is 0. The van der Waals surface area contributed by atoms with Crippen LogP contribution >= 0.6 is 0 Å². The van der Waals surface area contributed by atoms with Gasteiger partial charge in [-0.15, -0.1) is 0 Å². The SMILES string of the molecule is c1ccc(-c2cccc(-c3nc(-c4ccccc4)nc(-c4ccc5c6ccccc6n(-c6cccc(-c7cccc8oc9ccccc9c78)c6)c5c4)n3)c2)cc1. The highest BCUT2D eigenvalue weighted by Gasteiger charge is 2.18. The van der Waals surface area contributed by atoms with Gasteiger partial charge in [-0.3, -0.25) is 0 Å². The Kier molecular flexibility index (Phi) is 7.42. The lowest BCUT2D eigenvalue weighted by Crippen LogP contribution is -2.00. The Balaban J connectivity index is 1.09. The Hall–Kier alpha value is -7.63. The third-order valence-electron chi connectivity index (χ3n) is 10.6. The van der Waals surface area contributed by atoms with Crippen LogP contribution in [0.5, 0.6) is 0 Å². The van der Waals surface area contributed by atoms with Crippen LogP contribution in [0.25, 0.3) is 106 Å². The third-order valence-corrected chi connectivity index (χ3v) is 10.6. The zero-order valence-corrected chi connectivity index (χ0v) is 30.2. The maximum absolute atomic E-state index is 6.27. The van der Waals surface area contributed by atoms with Crippen LogP contribution in [0.2, 0.25) is 0 Å². The molecule has 0 saturated heterocycles. The van der Waals surface area contributed by atoms with Crippen molar-refractivity contribution >= 4 is 43.7 Å². The molecule has 262 valence electrons. The second-order valence-corrected chi connectivity index (χ2v) is 14.0. The summed E-state index contributed by atoms with van der Waals surface area (Å²) in [5.74, 6) is 1.87. The molecule has 11 rings (SSSR count). The molecule has 3 aromatic heterocycles. The first-order chi connectivity index (χ1) is 27.7. The van der Waals surface area contributed by atoms with E-state index in [0.29, 0.717) is 17.5 Å². The number of hydrogen-bond acceptors (Lipinski definition) is 4. The summed E-state index contributed by atoms with van der Waals surface area (Å²) in [7, 11) is 0. The summed E-state index contributed by atoms with van der Waals surface area (Å²) in [6, 6.07) is 67.5. The molecule has 0 aliphatic heterocycles. The quantitative estimate of drug-likeness (QED) is 0.172. The van der Waals surface area contributed by atoms with Gasteiger partial charge in [-0.05, 0) is 64.7 Å². The fraction of sp³-hybridized carbons (Fsp3) is 0. The molecule has 56 heavy (non-hydrogen) atoms. The molecule has 0 aliphatic carbocycles. The van der Waals surface area contributed by atoms with Crippen molar-refractivity contribution in [1.29, 1.82) is 0 Å². The number of nitrogens with zero attached hydrogens (tertiary/aromatic N) is 4. The zero-order valence-electron chi connectivity index (χ0n) is 30.2. The molecule has 0 N–H and O–H groups in total. The Morgan fingerprint density at radius 3 is 1.73 bits per heavy atom. The Morgan fingerprint density at radius 1 is 0.339 bits per heavy atom.